The average molecular weight is 401 g/mol. The monoisotopic (exact) mass is 401 g/mol. The van der Waals surface area contributed by atoms with Gasteiger partial charge in [-0.3, -0.25) is 9.20 Å². The molecule has 7 nitrogen and oxygen atoms in total. The lowest BCUT2D eigenvalue weighted by Gasteiger charge is -2.16. The van der Waals surface area contributed by atoms with Gasteiger partial charge in [-0.1, -0.05) is 5.57 Å². The van der Waals surface area contributed by atoms with Crippen LogP contribution in [0.25, 0.3) is 22.1 Å². The maximum absolute atomic E-state index is 12.1. The van der Waals surface area contributed by atoms with Gasteiger partial charge >= 0.3 is 0 Å². The molecule has 0 atom stereocenters. The summed E-state index contributed by atoms with van der Waals surface area (Å²) in [7, 11) is 0. The molecule has 1 amide bonds. The molecular formula is C23H23N5O2. The Labute approximate surface area is 174 Å². The number of allylic oxidation sites excluding steroid dienone is 4. The number of nitrogens with one attached hydrogen (secondary N) is 1. The van der Waals surface area contributed by atoms with Crippen LogP contribution in [0.15, 0.2) is 41.4 Å². The van der Waals surface area contributed by atoms with Gasteiger partial charge in [0.05, 0.1) is 17.5 Å². The van der Waals surface area contributed by atoms with Gasteiger partial charge in [-0.05, 0) is 57.7 Å². The van der Waals surface area contributed by atoms with Gasteiger partial charge in [0, 0.05) is 29.1 Å². The van der Waals surface area contributed by atoms with Gasteiger partial charge in [-0.15, -0.1) is 0 Å². The van der Waals surface area contributed by atoms with Crippen molar-refractivity contribution in [2.75, 3.05) is 5.32 Å². The first-order valence-electron chi connectivity index (χ1n) is 9.87. The van der Waals surface area contributed by atoms with Gasteiger partial charge in [0.1, 0.15) is 23.2 Å². The van der Waals surface area contributed by atoms with Crippen LogP contribution in [-0.4, -0.2) is 25.4 Å². The highest BCUT2D eigenvalue weighted by molar-refractivity contribution is 5.97. The van der Waals surface area contributed by atoms with E-state index in [1.165, 1.54) is 6.20 Å². The van der Waals surface area contributed by atoms with Crippen molar-refractivity contribution >= 4 is 33.8 Å². The minimum Gasteiger partial charge on any atom is -0.512 e. The van der Waals surface area contributed by atoms with Gasteiger partial charge in [-0.2, -0.15) is 5.26 Å². The molecule has 0 radical (unpaired) electrons. The largest absolute Gasteiger partial charge is 0.512 e. The SMILES string of the molecule is CC(C)=C(/C(C)=C(\C)O)c1cc2cnc(NC(=O)C3CC3)cc2n2c(C#N)cnc12. The molecule has 0 saturated heterocycles. The summed E-state index contributed by atoms with van der Waals surface area (Å²) >= 11 is 0. The van der Waals surface area contributed by atoms with Gasteiger partial charge in [0.25, 0.3) is 0 Å². The predicted molar refractivity (Wildman–Crippen MR) is 116 cm³/mol. The molecule has 1 fully saturated rings. The Morgan fingerprint density at radius 1 is 1.20 bits per heavy atom. The van der Waals surface area contributed by atoms with E-state index in [1.807, 2.05) is 26.8 Å². The minimum absolute atomic E-state index is 0.0214. The van der Waals surface area contributed by atoms with E-state index in [4.69, 9.17) is 0 Å². The smallest absolute Gasteiger partial charge is 0.228 e. The summed E-state index contributed by atoms with van der Waals surface area (Å²) in [5.74, 6) is 0.736. The number of pyridine rings is 2. The molecule has 0 aliphatic heterocycles. The molecule has 4 rings (SSSR count). The number of anilines is 1. The minimum atomic E-state index is -0.0214. The Morgan fingerprint density at radius 3 is 2.53 bits per heavy atom. The highest BCUT2D eigenvalue weighted by Crippen LogP contribution is 2.35. The Balaban J connectivity index is 1.99. The van der Waals surface area contributed by atoms with Crippen molar-refractivity contribution < 1.29 is 9.90 Å². The van der Waals surface area contributed by atoms with Crippen molar-refractivity contribution in [2.24, 2.45) is 5.92 Å². The number of aliphatic hydroxyl groups excluding tert-OH is 1. The van der Waals surface area contributed by atoms with Gasteiger partial charge in [0.15, 0.2) is 0 Å². The number of rotatable bonds is 4. The zero-order chi connectivity index (χ0) is 21.6. The van der Waals surface area contributed by atoms with E-state index in [9.17, 15) is 15.2 Å². The van der Waals surface area contributed by atoms with Crippen molar-refractivity contribution in [1.29, 1.82) is 5.26 Å². The van der Waals surface area contributed by atoms with Crippen LogP contribution in [0.2, 0.25) is 0 Å². The molecule has 3 aromatic heterocycles. The number of aromatic nitrogens is 3. The number of hydrogen-bond acceptors (Lipinski definition) is 5. The number of fused-ring (bicyclic) bond motifs is 3. The Morgan fingerprint density at radius 2 is 1.93 bits per heavy atom. The molecule has 2 N–H and O–H groups in total. The maximum atomic E-state index is 12.1. The second-order valence-electron chi connectivity index (χ2n) is 7.95. The van der Waals surface area contributed by atoms with Crippen LogP contribution in [-0.2, 0) is 4.79 Å². The van der Waals surface area contributed by atoms with Crippen LogP contribution < -0.4 is 5.32 Å². The molecule has 3 aromatic rings. The molecule has 1 aliphatic rings. The van der Waals surface area contributed by atoms with E-state index in [0.717, 1.165) is 46.0 Å². The van der Waals surface area contributed by atoms with Crippen LogP contribution in [0.4, 0.5) is 5.82 Å². The average Bonchev–Trinajstić information content (AvgIpc) is 3.47. The zero-order valence-electron chi connectivity index (χ0n) is 17.4. The lowest BCUT2D eigenvalue weighted by atomic mass is 9.94. The molecule has 152 valence electrons. The molecule has 1 aliphatic carbocycles. The van der Waals surface area contributed by atoms with Crippen LogP contribution >= 0.6 is 0 Å². The van der Waals surface area contributed by atoms with E-state index >= 15 is 0 Å². The van der Waals surface area contributed by atoms with Crippen LogP contribution in [0.3, 0.4) is 0 Å². The summed E-state index contributed by atoms with van der Waals surface area (Å²) in [6.45, 7) is 7.47. The quantitative estimate of drug-likeness (QED) is 0.485. The van der Waals surface area contributed by atoms with Gasteiger partial charge in [-0.25, -0.2) is 9.97 Å². The van der Waals surface area contributed by atoms with E-state index in [0.29, 0.717) is 17.2 Å². The van der Waals surface area contributed by atoms with Crippen molar-refractivity contribution in [3.05, 3.63) is 52.7 Å². The molecule has 0 unspecified atom stereocenters. The first kappa shape index (κ1) is 19.6. The zero-order valence-corrected chi connectivity index (χ0v) is 17.4. The lowest BCUT2D eigenvalue weighted by Crippen LogP contribution is -2.14. The molecule has 30 heavy (non-hydrogen) atoms. The van der Waals surface area contributed by atoms with Crippen LogP contribution in [0, 0.1) is 17.2 Å². The lowest BCUT2D eigenvalue weighted by molar-refractivity contribution is -0.117. The first-order valence-corrected chi connectivity index (χ1v) is 9.87. The Bertz CT molecular complexity index is 1290. The highest BCUT2D eigenvalue weighted by Gasteiger charge is 2.30. The molecule has 3 heterocycles. The van der Waals surface area contributed by atoms with Crippen molar-refractivity contribution in [1.82, 2.24) is 14.4 Å². The molecule has 7 heteroatoms. The maximum Gasteiger partial charge on any atom is 0.228 e. The third-order valence-electron chi connectivity index (χ3n) is 5.46. The number of nitriles is 1. The number of carbonyl (C=O) groups is 1. The molecule has 0 aromatic carbocycles. The molecular weight excluding hydrogens is 378 g/mol. The fraction of sp³-hybridized carbons (Fsp3) is 0.304. The fourth-order valence-corrected chi connectivity index (χ4v) is 3.70. The van der Waals surface area contributed by atoms with Gasteiger partial charge in [0.2, 0.25) is 5.91 Å². The highest BCUT2D eigenvalue weighted by atomic mass is 16.3. The summed E-state index contributed by atoms with van der Waals surface area (Å²) in [5.41, 5.74) is 5.19. The summed E-state index contributed by atoms with van der Waals surface area (Å²) in [6.07, 6.45) is 5.05. The summed E-state index contributed by atoms with van der Waals surface area (Å²) in [5, 5.41) is 23.4. The van der Waals surface area contributed by atoms with E-state index in [2.05, 4.69) is 21.4 Å². The van der Waals surface area contributed by atoms with Gasteiger partial charge < -0.3 is 10.4 Å². The summed E-state index contributed by atoms with van der Waals surface area (Å²) in [6, 6.07) is 5.93. The van der Waals surface area contributed by atoms with E-state index < -0.39 is 0 Å². The number of imidazole rings is 1. The number of hydrogen-bond donors (Lipinski definition) is 2. The predicted octanol–water partition coefficient (Wildman–Crippen LogP) is 4.75. The van der Waals surface area contributed by atoms with Crippen molar-refractivity contribution in [2.45, 2.75) is 40.5 Å². The summed E-state index contributed by atoms with van der Waals surface area (Å²) < 4.78 is 1.78. The van der Waals surface area contributed by atoms with E-state index in [-0.39, 0.29) is 17.6 Å². The number of nitrogens with zero attached hydrogens (tertiary/aromatic N) is 4. The topological polar surface area (TPSA) is 103 Å². The Kier molecular flexibility index (Phi) is 4.78. The standard InChI is InChI=1S/C23H23N5O2/c1-12(2)21(13(3)14(4)29)18-7-16-10-25-20(27-23(30)15-5-6-15)8-19(16)28-17(9-24)11-26-22(18)28/h7-8,10-11,15,29H,5-6H2,1-4H3,(H,25,27,30)/b14-13+. The van der Waals surface area contributed by atoms with Crippen molar-refractivity contribution in [3.63, 3.8) is 0 Å². The first-order chi connectivity index (χ1) is 14.3. The normalized spacial score (nSPS) is 14.4. The molecule has 0 bridgehead atoms. The fourth-order valence-electron chi connectivity index (χ4n) is 3.70. The third kappa shape index (κ3) is 3.30. The molecule has 0 spiro atoms. The van der Waals surface area contributed by atoms with Crippen LogP contribution in [0.1, 0.15) is 51.8 Å². The second-order valence-corrected chi connectivity index (χ2v) is 7.95. The van der Waals surface area contributed by atoms with Crippen molar-refractivity contribution in [3.8, 4) is 6.07 Å². The Hall–Kier alpha value is -3.66. The number of carbonyl (C=O) groups excluding carboxylic acids is 1. The second kappa shape index (κ2) is 7.30. The molecule has 1 saturated carbocycles. The third-order valence-corrected chi connectivity index (χ3v) is 5.46. The summed E-state index contributed by atoms with van der Waals surface area (Å²) in [4.78, 5) is 21.1. The number of aliphatic hydroxyl groups is 1. The number of amides is 1. The van der Waals surface area contributed by atoms with E-state index in [1.54, 1.807) is 23.6 Å². The van der Waals surface area contributed by atoms with Crippen LogP contribution in [0.5, 0.6) is 0 Å².